The topological polar surface area (TPSA) is 46.9 Å². The van der Waals surface area contributed by atoms with Gasteiger partial charge in [0.05, 0.1) is 18.2 Å². The summed E-state index contributed by atoms with van der Waals surface area (Å²) in [4.78, 5) is 17.5. The zero-order valence-corrected chi connectivity index (χ0v) is 20.1. The third kappa shape index (κ3) is 3.96. The zero-order chi connectivity index (χ0) is 22.5. The van der Waals surface area contributed by atoms with Crippen molar-refractivity contribution in [1.82, 2.24) is 9.55 Å². The lowest BCUT2D eigenvalue weighted by Gasteiger charge is -2.15. The van der Waals surface area contributed by atoms with Crippen LogP contribution in [0.4, 0.5) is 5.13 Å². The molecule has 0 bridgehead atoms. The number of aryl methyl sites for hydroxylation is 1. The van der Waals surface area contributed by atoms with Crippen LogP contribution in [0.25, 0.3) is 10.9 Å². The number of benzene rings is 2. The molecule has 0 radical (unpaired) electrons. The standard InChI is InChI=1S/C26H26ClN3OS/c1-26(2,3)23-15-32-25(28-23)29-24(31)12-17-14-30(22-11-9-18(27)13-20(17)22)21-10-8-16-6-4-5-7-19(16)21/h4-7,9,11,13-15,21H,8,10,12H2,1-3H3,(H,28,29,31). The van der Waals surface area contributed by atoms with Gasteiger partial charge in [0.2, 0.25) is 5.91 Å². The molecule has 1 N–H and O–H groups in total. The summed E-state index contributed by atoms with van der Waals surface area (Å²) in [6.45, 7) is 6.36. The third-order valence-electron chi connectivity index (χ3n) is 6.18. The van der Waals surface area contributed by atoms with E-state index in [1.54, 1.807) is 0 Å². The maximum absolute atomic E-state index is 12.9. The fraction of sp³-hybridized carbons (Fsp3) is 0.308. The number of rotatable bonds is 4. The largest absolute Gasteiger partial charge is 0.340 e. The van der Waals surface area contributed by atoms with Gasteiger partial charge in [-0.25, -0.2) is 4.98 Å². The molecule has 0 spiro atoms. The van der Waals surface area contributed by atoms with Crippen molar-refractivity contribution in [2.45, 2.75) is 51.5 Å². The Morgan fingerprint density at radius 3 is 2.84 bits per heavy atom. The van der Waals surface area contributed by atoms with Crippen molar-refractivity contribution in [2.75, 3.05) is 5.32 Å². The number of nitrogens with zero attached hydrogens (tertiary/aromatic N) is 2. The van der Waals surface area contributed by atoms with Gasteiger partial charge in [0.1, 0.15) is 0 Å². The molecule has 1 atom stereocenters. The summed E-state index contributed by atoms with van der Waals surface area (Å²) in [7, 11) is 0. The maximum Gasteiger partial charge on any atom is 0.230 e. The van der Waals surface area contributed by atoms with Crippen LogP contribution in [0.2, 0.25) is 5.02 Å². The van der Waals surface area contributed by atoms with E-state index < -0.39 is 0 Å². The van der Waals surface area contributed by atoms with Crippen LogP contribution in [-0.2, 0) is 23.1 Å². The SMILES string of the molecule is CC(C)(C)c1csc(NC(=O)Cc2cn(C3CCc4ccccc43)c3ccc(Cl)cc23)n1. The molecule has 2 aromatic carbocycles. The number of hydrogen-bond acceptors (Lipinski definition) is 3. The highest BCUT2D eigenvalue weighted by atomic mass is 35.5. The van der Waals surface area contributed by atoms with Gasteiger partial charge in [0, 0.05) is 32.9 Å². The molecule has 4 nitrogen and oxygen atoms in total. The van der Waals surface area contributed by atoms with Gasteiger partial charge >= 0.3 is 0 Å². The van der Waals surface area contributed by atoms with E-state index in [1.165, 1.54) is 22.5 Å². The van der Waals surface area contributed by atoms with Crippen LogP contribution in [0, 0.1) is 0 Å². The summed E-state index contributed by atoms with van der Waals surface area (Å²) >= 11 is 7.80. The van der Waals surface area contributed by atoms with Crippen LogP contribution in [0.3, 0.4) is 0 Å². The zero-order valence-electron chi connectivity index (χ0n) is 18.5. The second-order valence-corrected chi connectivity index (χ2v) is 10.8. The van der Waals surface area contributed by atoms with E-state index in [2.05, 4.69) is 72.2 Å². The highest BCUT2D eigenvalue weighted by Crippen LogP contribution is 2.38. The number of carbonyl (C=O) groups is 1. The minimum absolute atomic E-state index is 0.0405. The van der Waals surface area contributed by atoms with E-state index >= 15 is 0 Å². The summed E-state index contributed by atoms with van der Waals surface area (Å²) < 4.78 is 2.32. The summed E-state index contributed by atoms with van der Waals surface area (Å²) in [6.07, 6.45) is 4.55. The van der Waals surface area contributed by atoms with Crippen molar-refractivity contribution in [3.63, 3.8) is 0 Å². The number of nitrogens with one attached hydrogen (secondary N) is 1. The number of anilines is 1. The molecule has 1 aliphatic carbocycles. The van der Waals surface area contributed by atoms with Crippen molar-refractivity contribution in [3.05, 3.63) is 81.4 Å². The van der Waals surface area contributed by atoms with Crippen LogP contribution in [0.5, 0.6) is 0 Å². The number of thiazole rings is 1. The molecule has 4 aromatic rings. The number of hydrogen-bond donors (Lipinski definition) is 1. The first-order chi connectivity index (χ1) is 15.3. The van der Waals surface area contributed by atoms with Gasteiger partial charge in [-0.3, -0.25) is 4.79 Å². The predicted octanol–water partition coefficient (Wildman–Crippen LogP) is 6.77. The molecule has 1 unspecified atom stereocenters. The molecule has 2 heterocycles. The molecule has 0 aliphatic heterocycles. The first kappa shape index (κ1) is 21.2. The molecular formula is C26H26ClN3OS. The fourth-order valence-electron chi connectivity index (χ4n) is 4.53. The number of halogens is 1. The number of amides is 1. The second kappa shape index (κ2) is 8.05. The molecule has 6 heteroatoms. The fourth-order valence-corrected chi connectivity index (χ4v) is 5.66. The quantitative estimate of drug-likeness (QED) is 0.363. The number of aromatic nitrogens is 2. The maximum atomic E-state index is 12.9. The van der Waals surface area contributed by atoms with Gasteiger partial charge in [0.15, 0.2) is 5.13 Å². The Balaban J connectivity index is 1.45. The minimum Gasteiger partial charge on any atom is -0.340 e. The Morgan fingerprint density at radius 2 is 2.06 bits per heavy atom. The average molecular weight is 464 g/mol. The minimum atomic E-state index is -0.0642. The van der Waals surface area contributed by atoms with Crippen LogP contribution < -0.4 is 5.32 Å². The van der Waals surface area contributed by atoms with Crippen molar-refractivity contribution in [3.8, 4) is 0 Å². The van der Waals surface area contributed by atoms with E-state index in [1.807, 2.05) is 17.5 Å². The smallest absolute Gasteiger partial charge is 0.230 e. The predicted molar refractivity (Wildman–Crippen MR) is 133 cm³/mol. The van der Waals surface area contributed by atoms with Gasteiger partial charge in [-0.2, -0.15) is 0 Å². The Morgan fingerprint density at radius 1 is 1.25 bits per heavy atom. The average Bonchev–Trinajstić information content (AvgIpc) is 3.45. The van der Waals surface area contributed by atoms with Crippen molar-refractivity contribution in [1.29, 1.82) is 0 Å². The van der Waals surface area contributed by atoms with Gasteiger partial charge < -0.3 is 9.88 Å². The van der Waals surface area contributed by atoms with Gasteiger partial charge in [-0.15, -0.1) is 11.3 Å². The Hall–Kier alpha value is -2.63. The van der Waals surface area contributed by atoms with Crippen LogP contribution in [0.15, 0.2) is 54.0 Å². The van der Waals surface area contributed by atoms with Crippen molar-refractivity contribution >= 4 is 44.9 Å². The highest BCUT2D eigenvalue weighted by Gasteiger charge is 2.26. The number of carbonyl (C=O) groups excluding carboxylic acids is 1. The van der Waals surface area contributed by atoms with Crippen LogP contribution in [0.1, 0.15) is 55.6 Å². The molecule has 0 fully saturated rings. The van der Waals surface area contributed by atoms with E-state index in [9.17, 15) is 4.79 Å². The van der Waals surface area contributed by atoms with Gasteiger partial charge in [-0.05, 0) is 47.7 Å². The second-order valence-electron chi connectivity index (χ2n) is 9.49. The molecule has 32 heavy (non-hydrogen) atoms. The van der Waals surface area contributed by atoms with E-state index in [0.29, 0.717) is 10.2 Å². The summed E-state index contributed by atoms with van der Waals surface area (Å²) in [5.41, 5.74) is 5.82. The molecule has 5 rings (SSSR count). The molecule has 1 amide bonds. The molecule has 164 valence electrons. The van der Waals surface area contributed by atoms with Gasteiger partial charge in [-0.1, -0.05) is 56.6 Å². The lowest BCUT2D eigenvalue weighted by Crippen LogP contribution is -2.15. The Kier molecular flexibility index (Phi) is 5.34. The molecule has 1 aliphatic rings. The summed E-state index contributed by atoms with van der Waals surface area (Å²) in [5.74, 6) is -0.0642. The number of fused-ring (bicyclic) bond motifs is 2. The summed E-state index contributed by atoms with van der Waals surface area (Å²) in [5, 5.41) is 7.35. The monoisotopic (exact) mass is 463 g/mol. The molecule has 0 saturated carbocycles. The lowest BCUT2D eigenvalue weighted by atomic mass is 9.93. The molecule has 2 aromatic heterocycles. The van der Waals surface area contributed by atoms with Crippen LogP contribution in [-0.4, -0.2) is 15.5 Å². The van der Waals surface area contributed by atoms with E-state index in [0.717, 1.165) is 35.0 Å². The van der Waals surface area contributed by atoms with Crippen LogP contribution >= 0.6 is 22.9 Å². The molecular weight excluding hydrogens is 438 g/mol. The Bertz CT molecular complexity index is 1310. The lowest BCUT2D eigenvalue weighted by molar-refractivity contribution is -0.115. The van der Waals surface area contributed by atoms with Gasteiger partial charge in [0.25, 0.3) is 0 Å². The first-order valence-electron chi connectivity index (χ1n) is 10.9. The molecule has 0 saturated heterocycles. The van der Waals surface area contributed by atoms with Crippen molar-refractivity contribution < 1.29 is 4.79 Å². The first-order valence-corrected chi connectivity index (χ1v) is 12.2. The third-order valence-corrected chi connectivity index (χ3v) is 7.18. The normalized spacial score (nSPS) is 15.8. The van der Waals surface area contributed by atoms with E-state index in [-0.39, 0.29) is 23.8 Å². The highest BCUT2D eigenvalue weighted by molar-refractivity contribution is 7.13. The Labute approximate surface area is 197 Å². The van der Waals surface area contributed by atoms with Crippen molar-refractivity contribution in [2.24, 2.45) is 0 Å². The van der Waals surface area contributed by atoms with E-state index in [4.69, 9.17) is 11.6 Å². The summed E-state index contributed by atoms with van der Waals surface area (Å²) in [6, 6.07) is 14.9.